The molecule has 1 fully saturated rings. The van der Waals surface area contributed by atoms with Crippen LogP contribution in [0.25, 0.3) is 0 Å². The zero-order chi connectivity index (χ0) is 14.7. The van der Waals surface area contributed by atoms with Crippen LogP contribution in [-0.4, -0.2) is 30.6 Å². The Morgan fingerprint density at radius 3 is 2.75 bits per heavy atom. The van der Waals surface area contributed by atoms with Crippen molar-refractivity contribution in [3.63, 3.8) is 0 Å². The summed E-state index contributed by atoms with van der Waals surface area (Å²) >= 11 is 12.0. The van der Waals surface area contributed by atoms with Crippen LogP contribution in [0.1, 0.15) is 38.3 Å². The Morgan fingerprint density at radius 1 is 1.40 bits per heavy atom. The molecule has 2 atom stereocenters. The van der Waals surface area contributed by atoms with Crippen molar-refractivity contribution in [1.82, 2.24) is 10.2 Å². The molecule has 5 heteroatoms. The Morgan fingerprint density at radius 2 is 2.15 bits per heavy atom. The molecule has 112 valence electrons. The van der Waals surface area contributed by atoms with Gasteiger partial charge in [0.15, 0.2) is 0 Å². The number of nitrogens with zero attached hydrogens (tertiary/aromatic N) is 1. The molecule has 0 aromatic heterocycles. The average Bonchev–Trinajstić information content (AvgIpc) is 2.93. The van der Waals surface area contributed by atoms with Gasteiger partial charge in [0.1, 0.15) is 5.82 Å². The minimum Gasteiger partial charge on any atom is -0.315 e. The third-order valence-corrected chi connectivity index (χ3v) is 4.59. The molecule has 2 rings (SSSR count). The van der Waals surface area contributed by atoms with Crippen molar-refractivity contribution < 1.29 is 4.39 Å². The van der Waals surface area contributed by atoms with Gasteiger partial charge in [-0.05, 0) is 50.6 Å². The third kappa shape index (κ3) is 3.45. The lowest BCUT2D eigenvalue weighted by Gasteiger charge is -2.34. The molecule has 1 heterocycles. The molecule has 0 bridgehead atoms. The zero-order valence-electron chi connectivity index (χ0n) is 11.9. The van der Waals surface area contributed by atoms with Gasteiger partial charge in [0.25, 0.3) is 0 Å². The fourth-order valence-corrected chi connectivity index (χ4v) is 3.45. The van der Waals surface area contributed by atoms with E-state index in [1.165, 1.54) is 12.1 Å². The molecule has 1 aliphatic rings. The van der Waals surface area contributed by atoms with Crippen LogP contribution in [0.4, 0.5) is 4.39 Å². The second-order valence-electron chi connectivity index (χ2n) is 5.35. The molecule has 2 unspecified atom stereocenters. The van der Waals surface area contributed by atoms with Crippen LogP contribution in [0.2, 0.25) is 10.0 Å². The first-order chi connectivity index (χ1) is 9.54. The maximum absolute atomic E-state index is 13.7. The van der Waals surface area contributed by atoms with Gasteiger partial charge < -0.3 is 5.32 Å². The predicted octanol–water partition coefficient (Wildman–Crippen LogP) is 4.27. The number of nitrogens with one attached hydrogen (secondary N) is 1. The quantitative estimate of drug-likeness (QED) is 0.816. The van der Waals surface area contributed by atoms with Crippen molar-refractivity contribution >= 4 is 23.2 Å². The molecule has 1 aromatic rings. The lowest BCUT2D eigenvalue weighted by atomic mass is 10.0. The van der Waals surface area contributed by atoms with Crippen LogP contribution in [0.3, 0.4) is 0 Å². The molecule has 0 aliphatic carbocycles. The number of hydrogen-bond donors (Lipinski definition) is 1. The summed E-state index contributed by atoms with van der Waals surface area (Å²) in [7, 11) is 0. The van der Waals surface area contributed by atoms with Gasteiger partial charge in [-0.1, -0.05) is 30.1 Å². The number of rotatable bonds is 5. The topological polar surface area (TPSA) is 15.3 Å². The summed E-state index contributed by atoms with van der Waals surface area (Å²) in [5.41, 5.74) is 0.814. The van der Waals surface area contributed by atoms with E-state index in [1.807, 2.05) is 0 Å². The van der Waals surface area contributed by atoms with Crippen LogP contribution in [-0.2, 0) is 0 Å². The molecule has 0 spiro atoms. The molecule has 20 heavy (non-hydrogen) atoms. The van der Waals surface area contributed by atoms with E-state index in [1.54, 1.807) is 0 Å². The smallest absolute Gasteiger partial charge is 0.142 e. The summed E-state index contributed by atoms with van der Waals surface area (Å²) in [4.78, 5) is 2.41. The molecule has 0 saturated carbocycles. The Labute approximate surface area is 130 Å². The van der Waals surface area contributed by atoms with Gasteiger partial charge in [0.2, 0.25) is 0 Å². The number of benzene rings is 1. The maximum atomic E-state index is 13.7. The van der Waals surface area contributed by atoms with Gasteiger partial charge in [-0.25, -0.2) is 4.39 Å². The predicted molar refractivity (Wildman–Crippen MR) is 83.1 cm³/mol. The Balaban J connectivity index is 2.26. The molecule has 1 saturated heterocycles. The van der Waals surface area contributed by atoms with Gasteiger partial charge in [0.05, 0.1) is 5.02 Å². The van der Waals surface area contributed by atoms with E-state index in [0.29, 0.717) is 11.1 Å². The molecule has 1 N–H and O–H groups in total. The largest absolute Gasteiger partial charge is 0.315 e. The van der Waals surface area contributed by atoms with E-state index in [4.69, 9.17) is 23.2 Å². The standard InChI is InChI=1S/C15H21Cl2FN2/c1-3-6-20(11-4-5-19-9-11)10(2)12-7-15(18)14(17)8-13(12)16/h7-8,10-11,19H,3-6,9H2,1-2H3. The first kappa shape index (κ1) is 16.0. The summed E-state index contributed by atoms with van der Waals surface area (Å²) in [6.45, 7) is 7.25. The Kier molecular flexibility index (Phi) is 5.67. The zero-order valence-corrected chi connectivity index (χ0v) is 13.4. The van der Waals surface area contributed by atoms with Crippen molar-refractivity contribution in [2.45, 2.75) is 38.8 Å². The fourth-order valence-electron chi connectivity index (χ4n) is 2.91. The highest BCUT2D eigenvalue weighted by atomic mass is 35.5. The molecule has 0 amide bonds. The first-order valence-corrected chi connectivity index (χ1v) is 7.91. The van der Waals surface area contributed by atoms with Crippen LogP contribution in [0.5, 0.6) is 0 Å². The summed E-state index contributed by atoms with van der Waals surface area (Å²) in [6.07, 6.45) is 2.19. The highest BCUT2D eigenvalue weighted by Gasteiger charge is 2.28. The lowest BCUT2D eigenvalue weighted by molar-refractivity contribution is 0.153. The highest BCUT2D eigenvalue weighted by Crippen LogP contribution is 2.33. The van der Waals surface area contributed by atoms with Crippen molar-refractivity contribution in [2.75, 3.05) is 19.6 Å². The second kappa shape index (κ2) is 7.08. The summed E-state index contributed by atoms with van der Waals surface area (Å²) in [5.74, 6) is -0.404. The molecule has 0 radical (unpaired) electrons. The minimum atomic E-state index is -0.404. The van der Waals surface area contributed by atoms with E-state index >= 15 is 0 Å². The average molecular weight is 319 g/mol. The van der Waals surface area contributed by atoms with E-state index in [9.17, 15) is 4.39 Å². The molecule has 2 nitrogen and oxygen atoms in total. The SMILES string of the molecule is CCCN(C1CCNC1)C(C)c1cc(F)c(Cl)cc1Cl. The van der Waals surface area contributed by atoms with Gasteiger partial charge >= 0.3 is 0 Å². The van der Waals surface area contributed by atoms with E-state index < -0.39 is 5.82 Å². The van der Waals surface area contributed by atoms with Crippen molar-refractivity contribution in [3.8, 4) is 0 Å². The van der Waals surface area contributed by atoms with Crippen LogP contribution in [0.15, 0.2) is 12.1 Å². The number of halogens is 3. The van der Waals surface area contributed by atoms with E-state index in [0.717, 1.165) is 38.0 Å². The van der Waals surface area contributed by atoms with Crippen LogP contribution < -0.4 is 5.32 Å². The normalized spacial score (nSPS) is 20.6. The van der Waals surface area contributed by atoms with Crippen molar-refractivity contribution in [1.29, 1.82) is 0 Å². The van der Waals surface area contributed by atoms with Crippen molar-refractivity contribution in [2.24, 2.45) is 0 Å². The number of hydrogen-bond acceptors (Lipinski definition) is 2. The van der Waals surface area contributed by atoms with Crippen LogP contribution >= 0.6 is 23.2 Å². The monoisotopic (exact) mass is 318 g/mol. The van der Waals surface area contributed by atoms with Gasteiger partial charge in [-0.3, -0.25) is 4.90 Å². The van der Waals surface area contributed by atoms with Gasteiger partial charge in [0, 0.05) is 23.7 Å². The highest BCUT2D eigenvalue weighted by molar-refractivity contribution is 6.35. The molecular weight excluding hydrogens is 298 g/mol. The third-order valence-electron chi connectivity index (χ3n) is 3.97. The molecule has 1 aliphatic heterocycles. The fraction of sp³-hybridized carbons (Fsp3) is 0.600. The Hall–Kier alpha value is -0.350. The Bertz CT molecular complexity index is 461. The van der Waals surface area contributed by atoms with Crippen LogP contribution in [0, 0.1) is 5.82 Å². The van der Waals surface area contributed by atoms with E-state index in [2.05, 4.69) is 24.1 Å². The van der Waals surface area contributed by atoms with Gasteiger partial charge in [-0.2, -0.15) is 0 Å². The minimum absolute atomic E-state index is 0.0792. The van der Waals surface area contributed by atoms with Gasteiger partial charge in [-0.15, -0.1) is 0 Å². The second-order valence-corrected chi connectivity index (χ2v) is 6.16. The lowest BCUT2D eigenvalue weighted by Crippen LogP contribution is -2.39. The first-order valence-electron chi connectivity index (χ1n) is 7.15. The summed E-state index contributed by atoms with van der Waals surface area (Å²) in [6, 6.07) is 3.54. The summed E-state index contributed by atoms with van der Waals surface area (Å²) in [5, 5.41) is 4.00. The molecular formula is C15H21Cl2FN2. The summed E-state index contributed by atoms with van der Waals surface area (Å²) < 4.78 is 13.7. The maximum Gasteiger partial charge on any atom is 0.142 e. The van der Waals surface area contributed by atoms with Crippen molar-refractivity contribution in [3.05, 3.63) is 33.6 Å². The molecule has 1 aromatic carbocycles. The van der Waals surface area contributed by atoms with E-state index in [-0.39, 0.29) is 11.1 Å².